The van der Waals surface area contributed by atoms with Crippen molar-refractivity contribution in [1.29, 1.82) is 0 Å². The Hall–Kier alpha value is -3.68. The minimum absolute atomic E-state index is 0.195. The molecule has 3 rings (SSSR count). The maximum absolute atomic E-state index is 12.9. The van der Waals surface area contributed by atoms with Gasteiger partial charge in [-0.3, -0.25) is 19.3 Å². The van der Waals surface area contributed by atoms with Crippen molar-refractivity contribution in [1.82, 2.24) is 0 Å². The Labute approximate surface area is 167 Å². The van der Waals surface area contributed by atoms with Crippen LogP contribution in [-0.4, -0.2) is 35.8 Å². The molecule has 2 N–H and O–H groups in total. The Morgan fingerprint density at radius 2 is 1.83 bits per heavy atom. The van der Waals surface area contributed by atoms with E-state index in [1.807, 2.05) is 0 Å². The molecule has 1 aliphatic heterocycles. The van der Waals surface area contributed by atoms with E-state index in [0.29, 0.717) is 17.1 Å². The SMILES string of the molecule is CC(=O)Nc1cccc(C(=O)OCC(=O)N2c3ccccc3NC(=O)C2(C)C)c1. The van der Waals surface area contributed by atoms with Gasteiger partial charge in [-0.25, -0.2) is 4.79 Å². The van der Waals surface area contributed by atoms with Gasteiger partial charge in [-0.05, 0) is 44.2 Å². The lowest BCUT2D eigenvalue weighted by Crippen LogP contribution is -2.59. The number of ether oxygens (including phenoxy) is 1. The molecule has 29 heavy (non-hydrogen) atoms. The molecule has 8 heteroatoms. The van der Waals surface area contributed by atoms with Crippen molar-refractivity contribution in [3.8, 4) is 0 Å². The van der Waals surface area contributed by atoms with Crippen molar-refractivity contribution >= 4 is 40.8 Å². The molecule has 1 aliphatic rings. The number of benzene rings is 2. The molecule has 0 unspecified atom stereocenters. The summed E-state index contributed by atoms with van der Waals surface area (Å²) in [5.74, 6) is -1.84. The van der Waals surface area contributed by atoms with E-state index in [-0.39, 0.29) is 17.4 Å². The summed E-state index contributed by atoms with van der Waals surface area (Å²) in [7, 11) is 0. The molecule has 8 nitrogen and oxygen atoms in total. The maximum Gasteiger partial charge on any atom is 0.338 e. The van der Waals surface area contributed by atoms with Crippen molar-refractivity contribution in [2.24, 2.45) is 0 Å². The molecule has 0 saturated heterocycles. The van der Waals surface area contributed by atoms with E-state index in [0.717, 1.165) is 0 Å². The van der Waals surface area contributed by atoms with Gasteiger partial charge in [0.15, 0.2) is 6.61 Å². The number of fused-ring (bicyclic) bond motifs is 1. The summed E-state index contributed by atoms with van der Waals surface area (Å²) >= 11 is 0. The molecular formula is C21H21N3O5. The topological polar surface area (TPSA) is 105 Å². The predicted octanol–water partition coefficient (Wildman–Crippen LogP) is 2.57. The van der Waals surface area contributed by atoms with Gasteiger partial charge in [0.1, 0.15) is 5.54 Å². The van der Waals surface area contributed by atoms with Gasteiger partial charge in [-0.2, -0.15) is 0 Å². The highest BCUT2D eigenvalue weighted by Gasteiger charge is 2.43. The predicted molar refractivity (Wildman–Crippen MR) is 108 cm³/mol. The van der Waals surface area contributed by atoms with Gasteiger partial charge < -0.3 is 15.4 Å². The fourth-order valence-corrected chi connectivity index (χ4v) is 3.10. The number of nitrogens with one attached hydrogen (secondary N) is 2. The number of carbonyl (C=O) groups excluding carboxylic acids is 4. The van der Waals surface area contributed by atoms with Crippen molar-refractivity contribution in [3.05, 3.63) is 54.1 Å². The molecule has 0 spiro atoms. The molecule has 150 valence electrons. The van der Waals surface area contributed by atoms with Gasteiger partial charge in [0.25, 0.3) is 5.91 Å². The van der Waals surface area contributed by atoms with E-state index in [9.17, 15) is 19.2 Å². The Morgan fingerprint density at radius 3 is 2.55 bits per heavy atom. The summed E-state index contributed by atoms with van der Waals surface area (Å²) in [4.78, 5) is 50.2. The summed E-state index contributed by atoms with van der Waals surface area (Å²) < 4.78 is 5.17. The number of rotatable bonds is 4. The van der Waals surface area contributed by atoms with Gasteiger partial charge >= 0.3 is 5.97 Å². The minimum atomic E-state index is -1.15. The zero-order chi connectivity index (χ0) is 21.2. The molecule has 0 radical (unpaired) electrons. The van der Waals surface area contributed by atoms with Crippen molar-refractivity contribution < 1.29 is 23.9 Å². The van der Waals surface area contributed by atoms with Gasteiger partial charge in [0, 0.05) is 12.6 Å². The first-order valence-electron chi connectivity index (χ1n) is 8.98. The van der Waals surface area contributed by atoms with Crippen LogP contribution in [0.15, 0.2) is 48.5 Å². The van der Waals surface area contributed by atoms with Crippen LogP contribution in [-0.2, 0) is 19.1 Å². The van der Waals surface area contributed by atoms with E-state index in [4.69, 9.17) is 4.74 Å². The first-order valence-corrected chi connectivity index (χ1v) is 8.98. The van der Waals surface area contributed by atoms with E-state index >= 15 is 0 Å². The second kappa shape index (κ2) is 7.75. The summed E-state index contributed by atoms with van der Waals surface area (Å²) in [5.41, 5.74) is 0.537. The first-order chi connectivity index (χ1) is 13.7. The molecule has 0 atom stereocenters. The third kappa shape index (κ3) is 4.11. The third-order valence-corrected chi connectivity index (χ3v) is 4.50. The highest BCUT2D eigenvalue weighted by molar-refractivity contribution is 6.14. The first kappa shape index (κ1) is 20.1. The lowest BCUT2D eigenvalue weighted by molar-refractivity contribution is -0.128. The number of nitrogens with zero attached hydrogens (tertiary/aromatic N) is 1. The molecule has 3 amide bonds. The average Bonchev–Trinajstić information content (AvgIpc) is 2.66. The number of esters is 1. The second-order valence-corrected chi connectivity index (χ2v) is 7.10. The average molecular weight is 395 g/mol. The van der Waals surface area contributed by atoms with E-state index < -0.39 is 24.0 Å². The van der Waals surface area contributed by atoms with Crippen LogP contribution in [0.1, 0.15) is 31.1 Å². The monoisotopic (exact) mass is 395 g/mol. The zero-order valence-electron chi connectivity index (χ0n) is 16.3. The van der Waals surface area contributed by atoms with Crippen LogP contribution in [0.2, 0.25) is 0 Å². The van der Waals surface area contributed by atoms with Crippen LogP contribution in [0.25, 0.3) is 0 Å². The second-order valence-electron chi connectivity index (χ2n) is 7.10. The highest BCUT2D eigenvalue weighted by Crippen LogP contribution is 2.36. The third-order valence-electron chi connectivity index (χ3n) is 4.50. The van der Waals surface area contributed by atoms with Crippen LogP contribution in [0, 0.1) is 0 Å². The standard InChI is InChI=1S/C21H21N3O5/c1-13(25)22-15-8-6-7-14(11-15)19(27)29-12-18(26)24-17-10-5-4-9-16(17)23-20(28)21(24,2)3/h4-11H,12H2,1-3H3,(H,22,25)(H,23,28). The van der Waals surface area contributed by atoms with Crippen LogP contribution < -0.4 is 15.5 Å². The molecule has 2 aromatic rings. The zero-order valence-corrected chi connectivity index (χ0v) is 16.3. The fourth-order valence-electron chi connectivity index (χ4n) is 3.10. The molecular weight excluding hydrogens is 374 g/mol. The summed E-state index contributed by atoms with van der Waals surface area (Å²) in [5, 5.41) is 5.35. The van der Waals surface area contributed by atoms with Crippen LogP contribution in [0.5, 0.6) is 0 Å². The Bertz CT molecular complexity index is 999. The number of carbonyl (C=O) groups is 4. The number of hydrogen-bond acceptors (Lipinski definition) is 5. The number of anilines is 3. The molecule has 2 aromatic carbocycles. The van der Waals surface area contributed by atoms with Crippen molar-refractivity contribution in [2.75, 3.05) is 22.1 Å². The van der Waals surface area contributed by atoms with E-state index in [1.165, 1.54) is 24.0 Å². The Morgan fingerprint density at radius 1 is 1.10 bits per heavy atom. The smallest absolute Gasteiger partial charge is 0.338 e. The number of hydrogen-bond donors (Lipinski definition) is 2. The molecule has 0 aromatic heterocycles. The highest BCUT2D eigenvalue weighted by atomic mass is 16.5. The van der Waals surface area contributed by atoms with Gasteiger partial charge in [0.05, 0.1) is 16.9 Å². The number of para-hydroxylation sites is 2. The summed E-state index contributed by atoms with van der Waals surface area (Å²) in [6.45, 7) is 4.07. The van der Waals surface area contributed by atoms with Gasteiger partial charge in [-0.1, -0.05) is 18.2 Å². The quantitative estimate of drug-likeness (QED) is 0.774. The molecule has 0 aliphatic carbocycles. The van der Waals surface area contributed by atoms with Crippen molar-refractivity contribution in [2.45, 2.75) is 26.3 Å². The summed E-state index contributed by atoms with van der Waals surface area (Å²) in [6, 6.07) is 13.1. The number of amides is 3. The van der Waals surface area contributed by atoms with E-state index in [2.05, 4.69) is 10.6 Å². The van der Waals surface area contributed by atoms with E-state index in [1.54, 1.807) is 50.2 Å². The maximum atomic E-state index is 12.9. The molecule has 1 heterocycles. The van der Waals surface area contributed by atoms with Crippen molar-refractivity contribution in [3.63, 3.8) is 0 Å². The van der Waals surface area contributed by atoms with Gasteiger partial charge in [-0.15, -0.1) is 0 Å². The van der Waals surface area contributed by atoms with Crippen LogP contribution >= 0.6 is 0 Å². The molecule has 0 fully saturated rings. The minimum Gasteiger partial charge on any atom is -0.452 e. The summed E-state index contributed by atoms with van der Waals surface area (Å²) in [6.07, 6.45) is 0. The lowest BCUT2D eigenvalue weighted by atomic mass is 9.96. The Kier molecular flexibility index (Phi) is 5.36. The van der Waals surface area contributed by atoms with Crippen LogP contribution in [0.4, 0.5) is 17.1 Å². The molecule has 0 saturated carbocycles. The molecule has 0 bridgehead atoms. The normalized spacial score (nSPS) is 14.4. The fraction of sp³-hybridized carbons (Fsp3) is 0.238. The van der Waals surface area contributed by atoms with Crippen LogP contribution in [0.3, 0.4) is 0 Å². The van der Waals surface area contributed by atoms with Gasteiger partial charge in [0.2, 0.25) is 11.8 Å². The largest absolute Gasteiger partial charge is 0.452 e. The lowest BCUT2D eigenvalue weighted by Gasteiger charge is -2.41. The Balaban J connectivity index is 1.76.